The van der Waals surface area contributed by atoms with E-state index in [0.29, 0.717) is 6.42 Å². The minimum Gasteiger partial charge on any atom is -0.413 e. The topological polar surface area (TPSA) is 9.23 Å². The van der Waals surface area contributed by atoms with E-state index < -0.39 is 8.32 Å². The van der Waals surface area contributed by atoms with Crippen LogP contribution in [0.2, 0.25) is 18.1 Å². The number of terminal acetylenes is 1. The molecule has 0 aliphatic rings. The summed E-state index contributed by atoms with van der Waals surface area (Å²) in [6.07, 6.45) is 8.43. The summed E-state index contributed by atoms with van der Waals surface area (Å²) in [5, 5.41) is 0.229. The summed E-state index contributed by atoms with van der Waals surface area (Å²) in [6, 6.07) is 10.5. The zero-order valence-electron chi connectivity index (χ0n) is 13.6. The number of rotatable bonds is 6. The lowest BCUT2D eigenvalue weighted by Gasteiger charge is -2.39. The summed E-state index contributed by atoms with van der Waals surface area (Å²) in [7, 11) is -1.74. The molecular weight excluding hydrogens is 260 g/mol. The molecule has 0 bridgehead atoms. The number of hydrogen-bond donors (Lipinski definition) is 0. The van der Waals surface area contributed by atoms with Crippen molar-refractivity contribution >= 4 is 8.32 Å². The normalized spacial score (nSPS) is 13.8. The smallest absolute Gasteiger partial charge is 0.192 e. The predicted molar refractivity (Wildman–Crippen MR) is 90.3 cm³/mol. The summed E-state index contributed by atoms with van der Waals surface area (Å²) in [5.74, 6) is 2.78. The van der Waals surface area contributed by atoms with Crippen LogP contribution in [0.3, 0.4) is 0 Å². The maximum atomic E-state index is 6.46. The van der Waals surface area contributed by atoms with E-state index in [-0.39, 0.29) is 11.1 Å². The molecule has 0 saturated heterocycles. The van der Waals surface area contributed by atoms with Crippen molar-refractivity contribution < 1.29 is 4.43 Å². The number of hydrogen-bond acceptors (Lipinski definition) is 1. The summed E-state index contributed by atoms with van der Waals surface area (Å²) in [5.41, 5.74) is 1.35. The Hall–Kier alpha value is -1.04. The molecule has 20 heavy (non-hydrogen) atoms. The van der Waals surface area contributed by atoms with Crippen LogP contribution in [0.4, 0.5) is 0 Å². The van der Waals surface area contributed by atoms with Crippen molar-refractivity contribution in [2.45, 2.75) is 64.3 Å². The average Bonchev–Trinajstić information content (AvgIpc) is 2.36. The van der Waals surface area contributed by atoms with Crippen molar-refractivity contribution in [1.82, 2.24) is 0 Å². The first-order valence-electron chi connectivity index (χ1n) is 7.41. The van der Waals surface area contributed by atoms with Gasteiger partial charge in [0.1, 0.15) is 0 Å². The van der Waals surface area contributed by atoms with Gasteiger partial charge in [0, 0.05) is 6.42 Å². The van der Waals surface area contributed by atoms with Crippen LogP contribution in [0.1, 0.15) is 39.2 Å². The van der Waals surface area contributed by atoms with Gasteiger partial charge in [0.05, 0.1) is 6.10 Å². The minimum absolute atomic E-state index is 0.182. The van der Waals surface area contributed by atoms with E-state index in [1.807, 2.05) is 0 Å². The van der Waals surface area contributed by atoms with Gasteiger partial charge in [0.25, 0.3) is 0 Å². The second-order valence-electron chi connectivity index (χ2n) is 6.93. The van der Waals surface area contributed by atoms with Gasteiger partial charge < -0.3 is 4.43 Å². The van der Waals surface area contributed by atoms with Gasteiger partial charge in [-0.1, -0.05) is 51.1 Å². The summed E-state index contributed by atoms with van der Waals surface area (Å²) in [4.78, 5) is 0. The zero-order chi connectivity index (χ0) is 15.2. The third kappa shape index (κ3) is 5.15. The maximum absolute atomic E-state index is 6.46. The van der Waals surface area contributed by atoms with Crippen LogP contribution in [0, 0.1) is 12.3 Å². The Labute approximate surface area is 125 Å². The van der Waals surface area contributed by atoms with Crippen molar-refractivity contribution in [2.24, 2.45) is 0 Å². The molecule has 0 radical (unpaired) electrons. The third-order valence-corrected chi connectivity index (χ3v) is 8.75. The van der Waals surface area contributed by atoms with Crippen LogP contribution >= 0.6 is 0 Å². The Morgan fingerprint density at radius 3 is 2.30 bits per heavy atom. The van der Waals surface area contributed by atoms with Crippen LogP contribution in [-0.4, -0.2) is 14.4 Å². The first-order valence-corrected chi connectivity index (χ1v) is 10.3. The van der Waals surface area contributed by atoms with E-state index in [0.717, 1.165) is 12.8 Å². The van der Waals surface area contributed by atoms with Crippen LogP contribution in [-0.2, 0) is 10.8 Å². The highest BCUT2D eigenvalue weighted by molar-refractivity contribution is 6.74. The first-order chi connectivity index (χ1) is 9.26. The lowest BCUT2D eigenvalue weighted by Crippen LogP contribution is -2.44. The highest BCUT2D eigenvalue weighted by Gasteiger charge is 2.38. The highest BCUT2D eigenvalue weighted by atomic mass is 28.4. The molecule has 1 nitrogen and oxygen atoms in total. The number of aryl methyl sites for hydroxylation is 1. The third-order valence-electron chi connectivity index (χ3n) is 4.21. The molecule has 1 rings (SSSR count). The molecule has 1 aromatic rings. The van der Waals surface area contributed by atoms with Crippen molar-refractivity contribution in [1.29, 1.82) is 0 Å². The van der Waals surface area contributed by atoms with Gasteiger partial charge in [-0.05, 0) is 36.5 Å². The second-order valence-corrected chi connectivity index (χ2v) is 11.7. The van der Waals surface area contributed by atoms with Crippen LogP contribution < -0.4 is 0 Å². The molecule has 0 heterocycles. The fourth-order valence-electron chi connectivity index (χ4n) is 1.90. The molecule has 2 heteroatoms. The molecule has 0 aliphatic carbocycles. The minimum atomic E-state index is -1.74. The summed E-state index contributed by atoms with van der Waals surface area (Å²) in [6.45, 7) is 11.4. The van der Waals surface area contributed by atoms with Crippen molar-refractivity contribution in [3.63, 3.8) is 0 Å². The Balaban J connectivity index is 2.64. The molecule has 110 valence electrons. The second kappa shape index (κ2) is 7.11. The summed E-state index contributed by atoms with van der Waals surface area (Å²) >= 11 is 0. The van der Waals surface area contributed by atoms with E-state index in [9.17, 15) is 0 Å². The summed E-state index contributed by atoms with van der Waals surface area (Å²) < 4.78 is 6.46. The van der Waals surface area contributed by atoms with E-state index in [4.69, 9.17) is 10.8 Å². The molecule has 0 N–H and O–H groups in total. The Morgan fingerprint density at radius 2 is 1.80 bits per heavy atom. The van der Waals surface area contributed by atoms with Crippen molar-refractivity contribution in [2.75, 3.05) is 0 Å². The molecule has 1 aromatic carbocycles. The fraction of sp³-hybridized carbons (Fsp3) is 0.556. The van der Waals surface area contributed by atoms with Gasteiger partial charge in [-0.3, -0.25) is 0 Å². The Bertz CT molecular complexity index is 437. The molecule has 0 spiro atoms. The van der Waals surface area contributed by atoms with Gasteiger partial charge in [-0.25, -0.2) is 0 Å². The SMILES string of the molecule is C#CCC(CCc1ccccc1)O[Si](C)(C)C(C)(C)C. The van der Waals surface area contributed by atoms with Crippen molar-refractivity contribution in [3.8, 4) is 12.3 Å². The molecule has 0 aromatic heterocycles. The van der Waals surface area contributed by atoms with Gasteiger partial charge in [-0.15, -0.1) is 12.3 Å². The van der Waals surface area contributed by atoms with Gasteiger partial charge in [0.2, 0.25) is 0 Å². The molecule has 0 amide bonds. The molecule has 0 aliphatic heterocycles. The van der Waals surface area contributed by atoms with Crippen LogP contribution in [0.5, 0.6) is 0 Å². The lowest BCUT2D eigenvalue weighted by atomic mass is 10.1. The van der Waals surface area contributed by atoms with Gasteiger partial charge in [-0.2, -0.15) is 0 Å². The molecule has 0 fully saturated rings. The van der Waals surface area contributed by atoms with E-state index in [2.05, 4.69) is 70.1 Å². The van der Waals surface area contributed by atoms with E-state index in [1.165, 1.54) is 5.56 Å². The van der Waals surface area contributed by atoms with Gasteiger partial charge in [0.15, 0.2) is 8.32 Å². The average molecular weight is 289 g/mol. The predicted octanol–water partition coefficient (Wildman–Crippen LogP) is 5.03. The van der Waals surface area contributed by atoms with Crippen LogP contribution in [0.15, 0.2) is 30.3 Å². The highest BCUT2D eigenvalue weighted by Crippen LogP contribution is 2.38. The Kier molecular flexibility index (Phi) is 6.04. The fourth-order valence-corrected chi connectivity index (χ4v) is 3.29. The number of benzene rings is 1. The zero-order valence-corrected chi connectivity index (χ0v) is 14.6. The van der Waals surface area contributed by atoms with Gasteiger partial charge >= 0.3 is 0 Å². The Morgan fingerprint density at radius 1 is 1.20 bits per heavy atom. The van der Waals surface area contributed by atoms with Crippen LogP contribution in [0.25, 0.3) is 0 Å². The molecule has 0 saturated carbocycles. The van der Waals surface area contributed by atoms with Crippen molar-refractivity contribution in [3.05, 3.63) is 35.9 Å². The largest absolute Gasteiger partial charge is 0.413 e. The van der Waals surface area contributed by atoms with E-state index >= 15 is 0 Å². The quantitative estimate of drug-likeness (QED) is 0.527. The van der Waals surface area contributed by atoms with E-state index in [1.54, 1.807) is 0 Å². The molecule has 1 atom stereocenters. The lowest BCUT2D eigenvalue weighted by molar-refractivity contribution is 0.176. The molecule has 1 unspecified atom stereocenters. The molecular formula is C18H28OSi. The monoisotopic (exact) mass is 288 g/mol. The first kappa shape index (κ1) is 17.0. The maximum Gasteiger partial charge on any atom is 0.192 e. The standard InChI is InChI=1S/C18H28OSi/c1-7-11-17(19-20(5,6)18(2,3)4)15-14-16-12-9-8-10-13-16/h1,8-10,12-13,17H,11,14-15H2,2-6H3.